The normalized spacial score (nSPS) is 11.1. The molecule has 0 aromatic heterocycles. The van der Waals surface area contributed by atoms with E-state index >= 15 is 0 Å². The van der Waals surface area contributed by atoms with Gasteiger partial charge in [-0.25, -0.2) is 8.42 Å². The van der Waals surface area contributed by atoms with E-state index in [1.54, 1.807) is 12.1 Å². The number of nitrogens with two attached hydrogens (primary N) is 1. The number of sulfonamides is 1. The summed E-state index contributed by atoms with van der Waals surface area (Å²) in [7, 11) is -3.77. The van der Waals surface area contributed by atoms with Gasteiger partial charge in [-0.3, -0.25) is 9.52 Å². The lowest BCUT2D eigenvalue weighted by Crippen LogP contribution is -2.15. The number of nitrogens with one attached hydrogen (secondary N) is 1. The maximum atomic E-state index is 12.2. The van der Waals surface area contributed by atoms with E-state index in [-0.39, 0.29) is 21.2 Å². The standard InChI is InChI=1S/C13H10BrClN2O3S/c14-8-2-1-3-10(6-8)21(19,20)17-9-4-5-12(15)11(7-9)13(16)18/h1-7,17H,(H2,16,18). The third-order valence-electron chi connectivity index (χ3n) is 2.59. The molecule has 21 heavy (non-hydrogen) atoms. The van der Waals surface area contributed by atoms with Gasteiger partial charge >= 0.3 is 0 Å². The van der Waals surface area contributed by atoms with Crippen molar-refractivity contribution in [3.05, 3.63) is 57.5 Å². The summed E-state index contributed by atoms with van der Waals surface area (Å²) in [6.07, 6.45) is 0. The van der Waals surface area contributed by atoms with Crippen molar-refractivity contribution in [1.82, 2.24) is 0 Å². The summed E-state index contributed by atoms with van der Waals surface area (Å²) in [5.74, 6) is -0.733. The van der Waals surface area contributed by atoms with Crippen LogP contribution in [0.25, 0.3) is 0 Å². The molecular formula is C13H10BrClN2O3S. The fraction of sp³-hybridized carbons (Fsp3) is 0. The Morgan fingerprint density at radius 3 is 2.52 bits per heavy atom. The minimum absolute atomic E-state index is 0.0473. The molecule has 0 unspecified atom stereocenters. The first-order valence-corrected chi connectivity index (χ1v) is 8.33. The summed E-state index contributed by atoms with van der Waals surface area (Å²) >= 11 is 9.03. The van der Waals surface area contributed by atoms with Crippen LogP contribution in [0.15, 0.2) is 51.8 Å². The summed E-state index contributed by atoms with van der Waals surface area (Å²) in [6.45, 7) is 0. The number of primary amides is 1. The molecule has 1 amide bonds. The lowest BCUT2D eigenvalue weighted by molar-refractivity contribution is 0.100. The summed E-state index contributed by atoms with van der Waals surface area (Å²) in [4.78, 5) is 11.3. The first-order chi connectivity index (χ1) is 9.79. The molecule has 0 heterocycles. The summed E-state index contributed by atoms with van der Waals surface area (Å²) in [6, 6.07) is 10.4. The van der Waals surface area contributed by atoms with Crippen LogP contribution >= 0.6 is 27.5 Å². The first-order valence-electron chi connectivity index (χ1n) is 5.67. The zero-order valence-electron chi connectivity index (χ0n) is 10.5. The van der Waals surface area contributed by atoms with Gasteiger partial charge in [-0.15, -0.1) is 0 Å². The molecular weight excluding hydrogens is 380 g/mol. The predicted molar refractivity (Wildman–Crippen MR) is 84.9 cm³/mol. The van der Waals surface area contributed by atoms with Gasteiger partial charge in [-0.1, -0.05) is 33.6 Å². The van der Waals surface area contributed by atoms with E-state index in [4.69, 9.17) is 17.3 Å². The number of hydrogen-bond acceptors (Lipinski definition) is 3. The Morgan fingerprint density at radius 1 is 1.19 bits per heavy atom. The highest BCUT2D eigenvalue weighted by Crippen LogP contribution is 2.23. The predicted octanol–water partition coefficient (Wildman–Crippen LogP) is 3.00. The molecule has 0 bridgehead atoms. The van der Waals surface area contributed by atoms with Crippen molar-refractivity contribution < 1.29 is 13.2 Å². The van der Waals surface area contributed by atoms with E-state index < -0.39 is 15.9 Å². The number of halogens is 2. The van der Waals surface area contributed by atoms with Crippen LogP contribution < -0.4 is 10.5 Å². The Hall–Kier alpha value is -1.57. The number of hydrogen-bond donors (Lipinski definition) is 2. The molecule has 5 nitrogen and oxygen atoms in total. The van der Waals surface area contributed by atoms with Gasteiger partial charge in [-0.05, 0) is 36.4 Å². The third kappa shape index (κ3) is 3.75. The maximum Gasteiger partial charge on any atom is 0.261 e. The lowest BCUT2D eigenvalue weighted by Gasteiger charge is -2.10. The van der Waals surface area contributed by atoms with Crippen LogP contribution in [-0.4, -0.2) is 14.3 Å². The fourth-order valence-corrected chi connectivity index (χ4v) is 3.48. The number of anilines is 1. The van der Waals surface area contributed by atoms with Gasteiger partial charge in [0.25, 0.3) is 10.0 Å². The van der Waals surface area contributed by atoms with E-state index in [0.717, 1.165) is 0 Å². The first kappa shape index (κ1) is 15.8. The molecule has 110 valence electrons. The van der Waals surface area contributed by atoms with Crippen molar-refractivity contribution >= 4 is 49.1 Å². The van der Waals surface area contributed by atoms with E-state index in [2.05, 4.69) is 20.7 Å². The second kappa shape index (κ2) is 6.05. The maximum absolute atomic E-state index is 12.2. The largest absolute Gasteiger partial charge is 0.366 e. The Bertz CT molecular complexity index is 809. The van der Waals surface area contributed by atoms with Crippen molar-refractivity contribution in [3.63, 3.8) is 0 Å². The van der Waals surface area contributed by atoms with Gasteiger partial charge in [0.2, 0.25) is 5.91 Å². The van der Waals surface area contributed by atoms with Crippen molar-refractivity contribution in [2.75, 3.05) is 4.72 Å². The minimum atomic E-state index is -3.77. The van der Waals surface area contributed by atoms with Crippen molar-refractivity contribution in [2.45, 2.75) is 4.90 Å². The van der Waals surface area contributed by atoms with Crippen LogP contribution in [0.3, 0.4) is 0 Å². The van der Waals surface area contributed by atoms with Crippen LogP contribution in [0.4, 0.5) is 5.69 Å². The Kier molecular flexibility index (Phi) is 4.55. The Balaban J connectivity index is 2.37. The quantitative estimate of drug-likeness (QED) is 0.842. The van der Waals surface area contributed by atoms with Gasteiger partial charge in [0.05, 0.1) is 15.5 Å². The molecule has 0 spiro atoms. The molecule has 0 aliphatic rings. The van der Waals surface area contributed by atoms with Crippen LogP contribution in [0.1, 0.15) is 10.4 Å². The average Bonchev–Trinajstić information content (AvgIpc) is 2.40. The molecule has 0 saturated heterocycles. The van der Waals surface area contributed by atoms with E-state index in [9.17, 15) is 13.2 Å². The van der Waals surface area contributed by atoms with Crippen LogP contribution in [0.2, 0.25) is 5.02 Å². The van der Waals surface area contributed by atoms with Gasteiger partial charge in [0.1, 0.15) is 0 Å². The molecule has 3 N–H and O–H groups in total. The highest BCUT2D eigenvalue weighted by molar-refractivity contribution is 9.10. The fourth-order valence-electron chi connectivity index (χ4n) is 1.63. The van der Waals surface area contributed by atoms with Gasteiger partial charge in [0.15, 0.2) is 0 Å². The van der Waals surface area contributed by atoms with Gasteiger partial charge < -0.3 is 5.73 Å². The SMILES string of the molecule is NC(=O)c1cc(NS(=O)(=O)c2cccc(Br)c2)ccc1Cl. The molecule has 8 heteroatoms. The molecule has 2 rings (SSSR count). The van der Waals surface area contributed by atoms with Crippen LogP contribution in [0.5, 0.6) is 0 Å². The van der Waals surface area contributed by atoms with Crippen molar-refractivity contribution in [3.8, 4) is 0 Å². The molecule has 0 aliphatic heterocycles. The summed E-state index contributed by atoms with van der Waals surface area (Å²) < 4.78 is 27.5. The average molecular weight is 390 g/mol. The number of benzene rings is 2. The number of carbonyl (C=O) groups is 1. The number of carbonyl (C=O) groups excluding carboxylic acids is 1. The minimum Gasteiger partial charge on any atom is -0.366 e. The topological polar surface area (TPSA) is 89.3 Å². The second-order valence-electron chi connectivity index (χ2n) is 4.12. The molecule has 0 atom stereocenters. The summed E-state index contributed by atoms with van der Waals surface area (Å²) in [5.41, 5.74) is 5.42. The second-order valence-corrected chi connectivity index (χ2v) is 7.13. The van der Waals surface area contributed by atoms with Gasteiger partial charge in [0, 0.05) is 10.2 Å². The van der Waals surface area contributed by atoms with E-state index in [1.165, 1.54) is 30.3 Å². The molecule has 0 aliphatic carbocycles. The van der Waals surface area contributed by atoms with Crippen LogP contribution in [0, 0.1) is 0 Å². The smallest absolute Gasteiger partial charge is 0.261 e. The molecule has 0 radical (unpaired) electrons. The molecule has 0 saturated carbocycles. The highest BCUT2D eigenvalue weighted by atomic mass is 79.9. The third-order valence-corrected chi connectivity index (χ3v) is 4.79. The molecule has 2 aromatic rings. The van der Waals surface area contributed by atoms with E-state index in [1.807, 2.05) is 0 Å². The Morgan fingerprint density at radius 2 is 1.90 bits per heavy atom. The Labute approximate surface area is 135 Å². The number of amides is 1. The van der Waals surface area contributed by atoms with Gasteiger partial charge in [-0.2, -0.15) is 0 Å². The highest BCUT2D eigenvalue weighted by Gasteiger charge is 2.16. The lowest BCUT2D eigenvalue weighted by atomic mass is 10.2. The zero-order valence-corrected chi connectivity index (χ0v) is 13.7. The van der Waals surface area contributed by atoms with Crippen LogP contribution in [-0.2, 0) is 10.0 Å². The van der Waals surface area contributed by atoms with Crippen molar-refractivity contribution in [1.29, 1.82) is 0 Å². The number of rotatable bonds is 4. The van der Waals surface area contributed by atoms with E-state index in [0.29, 0.717) is 4.47 Å². The monoisotopic (exact) mass is 388 g/mol. The molecule has 0 fully saturated rings. The summed E-state index contributed by atoms with van der Waals surface area (Å²) in [5, 5.41) is 0.160. The molecule has 2 aromatic carbocycles. The van der Waals surface area contributed by atoms with Crippen molar-refractivity contribution in [2.24, 2.45) is 5.73 Å². The zero-order chi connectivity index (χ0) is 15.6.